The Morgan fingerprint density at radius 2 is 1.84 bits per heavy atom. The predicted octanol–water partition coefficient (Wildman–Crippen LogP) is 4.46. The molecule has 1 amide bonds. The van der Waals surface area contributed by atoms with Gasteiger partial charge in [0.25, 0.3) is 5.91 Å². The van der Waals surface area contributed by atoms with Crippen LogP contribution in [0.15, 0.2) is 48.1 Å². The number of benzene rings is 1. The number of nitrogens with one attached hydrogen (secondary N) is 1. The first-order valence-electron chi connectivity index (χ1n) is 8.25. The van der Waals surface area contributed by atoms with Gasteiger partial charge in [0.1, 0.15) is 5.75 Å². The number of hydrogen-bond donors (Lipinski definition) is 1. The van der Waals surface area contributed by atoms with E-state index in [1.165, 1.54) is 16.9 Å². The van der Waals surface area contributed by atoms with Gasteiger partial charge in [-0.05, 0) is 61.6 Å². The highest BCUT2D eigenvalue weighted by Gasteiger charge is 2.20. The van der Waals surface area contributed by atoms with Gasteiger partial charge in [0.15, 0.2) is 0 Å². The van der Waals surface area contributed by atoms with E-state index in [-0.39, 0.29) is 5.91 Å². The summed E-state index contributed by atoms with van der Waals surface area (Å²) >= 11 is 1.70. The van der Waals surface area contributed by atoms with Crippen molar-refractivity contribution in [1.29, 1.82) is 0 Å². The molecule has 0 aliphatic heterocycles. The van der Waals surface area contributed by atoms with Gasteiger partial charge in [0.05, 0.1) is 5.56 Å². The molecule has 0 spiro atoms. The average Bonchev–Trinajstić information content (AvgIpc) is 3.08. The highest BCUT2D eigenvalue weighted by molar-refractivity contribution is 7.10. The number of nitrogens with zero attached hydrogens (tertiary/aromatic N) is 2. The zero-order valence-electron chi connectivity index (χ0n) is 13.6. The lowest BCUT2D eigenvalue weighted by Gasteiger charge is -2.13. The van der Waals surface area contributed by atoms with Gasteiger partial charge >= 0.3 is 6.01 Å². The van der Waals surface area contributed by atoms with Crippen molar-refractivity contribution < 1.29 is 9.53 Å². The molecule has 0 fully saturated rings. The summed E-state index contributed by atoms with van der Waals surface area (Å²) in [6.45, 7) is 0. The molecule has 1 aromatic carbocycles. The molecule has 126 valence electrons. The summed E-state index contributed by atoms with van der Waals surface area (Å²) in [5, 5.41) is 4.95. The first kappa shape index (κ1) is 15.8. The van der Waals surface area contributed by atoms with Crippen molar-refractivity contribution in [2.75, 3.05) is 5.32 Å². The number of aryl methyl sites for hydroxylation is 1. The van der Waals surface area contributed by atoms with E-state index in [2.05, 4.69) is 15.3 Å². The summed E-state index contributed by atoms with van der Waals surface area (Å²) in [6, 6.07) is 9.23. The third-order valence-electron chi connectivity index (χ3n) is 4.17. The quantitative estimate of drug-likeness (QED) is 0.754. The molecule has 1 aliphatic carbocycles. The molecule has 5 nitrogen and oxygen atoms in total. The Morgan fingerprint density at radius 3 is 2.64 bits per heavy atom. The van der Waals surface area contributed by atoms with Gasteiger partial charge in [-0.15, -0.1) is 11.3 Å². The summed E-state index contributed by atoms with van der Waals surface area (Å²) in [5.74, 6) is 0.580. The molecule has 25 heavy (non-hydrogen) atoms. The van der Waals surface area contributed by atoms with Gasteiger partial charge in [-0.2, -0.15) is 0 Å². The van der Waals surface area contributed by atoms with Crippen LogP contribution in [0, 0.1) is 0 Å². The molecule has 1 aliphatic rings. The Hall–Kier alpha value is -2.73. The molecule has 0 radical (unpaired) electrons. The summed E-state index contributed by atoms with van der Waals surface area (Å²) in [4.78, 5) is 22.0. The molecule has 3 aromatic rings. The number of carbonyl (C=O) groups is 1. The fourth-order valence-electron chi connectivity index (χ4n) is 2.93. The number of rotatable bonds is 4. The molecular weight excluding hydrogens is 334 g/mol. The van der Waals surface area contributed by atoms with Gasteiger partial charge in [-0.1, -0.05) is 0 Å². The molecule has 0 atom stereocenters. The van der Waals surface area contributed by atoms with E-state index < -0.39 is 0 Å². The van der Waals surface area contributed by atoms with Crippen LogP contribution in [0.25, 0.3) is 0 Å². The predicted molar refractivity (Wildman–Crippen MR) is 97.5 cm³/mol. The van der Waals surface area contributed by atoms with Gasteiger partial charge in [0.2, 0.25) is 0 Å². The Labute approximate surface area is 149 Å². The number of anilines is 1. The van der Waals surface area contributed by atoms with E-state index in [1.807, 2.05) is 17.5 Å². The van der Waals surface area contributed by atoms with Crippen LogP contribution in [0.4, 0.5) is 5.69 Å². The van der Waals surface area contributed by atoms with Crippen LogP contribution in [0.5, 0.6) is 11.8 Å². The Morgan fingerprint density at radius 1 is 1.08 bits per heavy atom. The van der Waals surface area contributed by atoms with Gasteiger partial charge < -0.3 is 10.1 Å². The average molecular weight is 351 g/mol. The van der Waals surface area contributed by atoms with Crippen LogP contribution < -0.4 is 10.1 Å². The van der Waals surface area contributed by atoms with Crippen LogP contribution >= 0.6 is 11.3 Å². The minimum absolute atomic E-state index is 0.0422. The monoisotopic (exact) mass is 351 g/mol. The maximum absolute atomic E-state index is 12.6. The topological polar surface area (TPSA) is 64.1 Å². The molecule has 0 saturated carbocycles. The van der Waals surface area contributed by atoms with Gasteiger partial charge in [-0.25, -0.2) is 9.97 Å². The third kappa shape index (κ3) is 3.53. The molecular formula is C19H17N3O2S. The van der Waals surface area contributed by atoms with Crippen molar-refractivity contribution in [2.45, 2.75) is 25.7 Å². The van der Waals surface area contributed by atoms with Crippen molar-refractivity contribution in [3.05, 3.63) is 64.1 Å². The zero-order chi connectivity index (χ0) is 17.1. The highest BCUT2D eigenvalue weighted by Crippen LogP contribution is 2.30. The number of fused-ring (bicyclic) bond motifs is 1. The molecule has 6 heteroatoms. The maximum Gasteiger partial charge on any atom is 0.321 e. The molecule has 4 rings (SSSR count). The standard InChI is InChI=1S/C19H17N3O2S/c23-18(16-12-25-17-5-2-1-4-15(16)17)22-13-6-8-14(9-7-13)24-19-20-10-3-11-21-19/h3,6-12H,1-2,4-5H2,(H,22,23). The molecule has 0 saturated heterocycles. The number of amides is 1. The second-order valence-corrected chi connectivity index (χ2v) is 6.83. The third-order valence-corrected chi connectivity index (χ3v) is 5.26. The van der Waals surface area contributed by atoms with Crippen molar-refractivity contribution in [2.24, 2.45) is 0 Å². The van der Waals surface area contributed by atoms with E-state index >= 15 is 0 Å². The number of hydrogen-bond acceptors (Lipinski definition) is 5. The smallest absolute Gasteiger partial charge is 0.321 e. The molecule has 2 aromatic heterocycles. The fourth-order valence-corrected chi connectivity index (χ4v) is 4.06. The van der Waals surface area contributed by atoms with E-state index in [0.29, 0.717) is 11.8 Å². The SMILES string of the molecule is O=C(Nc1ccc(Oc2ncccn2)cc1)c1csc2c1CCCC2. The van der Waals surface area contributed by atoms with E-state index in [9.17, 15) is 4.79 Å². The van der Waals surface area contributed by atoms with Gasteiger partial charge in [-0.3, -0.25) is 4.79 Å². The van der Waals surface area contributed by atoms with Crippen molar-refractivity contribution in [3.8, 4) is 11.8 Å². The van der Waals surface area contributed by atoms with Crippen molar-refractivity contribution in [1.82, 2.24) is 9.97 Å². The van der Waals surface area contributed by atoms with E-state index in [0.717, 1.165) is 30.5 Å². The molecule has 0 bridgehead atoms. The van der Waals surface area contributed by atoms with Crippen LogP contribution in [-0.4, -0.2) is 15.9 Å². The van der Waals surface area contributed by atoms with Crippen LogP contribution in [-0.2, 0) is 12.8 Å². The number of aromatic nitrogens is 2. The summed E-state index contributed by atoms with van der Waals surface area (Å²) in [6.07, 6.45) is 7.74. The highest BCUT2D eigenvalue weighted by atomic mass is 32.1. The van der Waals surface area contributed by atoms with E-state index in [4.69, 9.17) is 4.74 Å². The summed E-state index contributed by atoms with van der Waals surface area (Å²) in [5.41, 5.74) is 2.79. The zero-order valence-corrected chi connectivity index (χ0v) is 14.4. The summed E-state index contributed by atoms with van der Waals surface area (Å²) in [7, 11) is 0. The van der Waals surface area contributed by atoms with E-state index in [1.54, 1.807) is 41.9 Å². The lowest BCUT2D eigenvalue weighted by Crippen LogP contribution is -2.14. The lowest BCUT2D eigenvalue weighted by atomic mass is 9.95. The van der Waals surface area contributed by atoms with Crippen molar-refractivity contribution in [3.63, 3.8) is 0 Å². The minimum atomic E-state index is -0.0422. The van der Waals surface area contributed by atoms with Gasteiger partial charge in [0, 0.05) is 28.3 Å². The Bertz CT molecular complexity index is 875. The Balaban J connectivity index is 1.44. The number of thiophene rings is 1. The first-order valence-corrected chi connectivity index (χ1v) is 9.13. The number of carbonyl (C=O) groups excluding carboxylic acids is 1. The molecule has 0 unspecified atom stereocenters. The van der Waals surface area contributed by atoms with Crippen molar-refractivity contribution >= 4 is 22.9 Å². The largest absolute Gasteiger partial charge is 0.424 e. The molecule has 1 N–H and O–H groups in total. The first-order chi connectivity index (χ1) is 12.3. The normalized spacial score (nSPS) is 13.1. The minimum Gasteiger partial charge on any atom is -0.424 e. The van der Waals surface area contributed by atoms with Crippen LogP contribution in [0.1, 0.15) is 33.6 Å². The Kier molecular flexibility index (Phi) is 4.43. The fraction of sp³-hybridized carbons (Fsp3) is 0.211. The maximum atomic E-state index is 12.6. The number of ether oxygens (including phenoxy) is 1. The second kappa shape index (κ2) is 7.03. The van der Waals surface area contributed by atoms with Crippen LogP contribution in [0.3, 0.4) is 0 Å². The second-order valence-electron chi connectivity index (χ2n) is 5.87. The van der Waals surface area contributed by atoms with Crippen LogP contribution in [0.2, 0.25) is 0 Å². The summed E-state index contributed by atoms with van der Waals surface area (Å²) < 4.78 is 5.55. The lowest BCUT2D eigenvalue weighted by molar-refractivity contribution is 0.102. The molecule has 2 heterocycles.